The molecule has 1 saturated heterocycles. The Balaban J connectivity index is 1.74. The quantitative estimate of drug-likeness (QED) is 0.829. The Morgan fingerprint density at radius 3 is 2.70 bits per heavy atom. The number of benzene rings is 1. The van der Waals surface area contributed by atoms with Gasteiger partial charge in [-0.15, -0.1) is 0 Å². The number of piperidine rings is 1. The molecule has 0 radical (unpaired) electrons. The molecule has 112 valence electrons. The summed E-state index contributed by atoms with van der Waals surface area (Å²) >= 11 is 0. The van der Waals surface area contributed by atoms with Gasteiger partial charge in [0.1, 0.15) is 0 Å². The largest absolute Gasteiger partial charge is 0.380 e. The van der Waals surface area contributed by atoms with E-state index >= 15 is 0 Å². The fourth-order valence-corrected chi connectivity index (χ4v) is 2.88. The van der Waals surface area contributed by atoms with Gasteiger partial charge in [-0.05, 0) is 44.0 Å². The second-order valence-electron chi connectivity index (χ2n) is 5.90. The van der Waals surface area contributed by atoms with Crippen LogP contribution in [0.1, 0.15) is 37.3 Å². The first-order valence-electron chi connectivity index (χ1n) is 7.80. The molecule has 0 aliphatic carbocycles. The highest BCUT2D eigenvalue weighted by Gasteiger charge is 2.12. The lowest BCUT2D eigenvalue weighted by atomic mass is 10.1. The van der Waals surface area contributed by atoms with Crippen molar-refractivity contribution >= 4 is 0 Å². The molecule has 1 aliphatic rings. The van der Waals surface area contributed by atoms with Crippen LogP contribution in [-0.2, 0) is 17.9 Å². The average Bonchev–Trinajstić information content (AvgIpc) is 2.47. The highest BCUT2D eigenvalue weighted by molar-refractivity contribution is 5.22. The number of hydrogen-bond donors (Lipinski definition) is 1. The van der Waals surface area contributed by atoms with E-state index in [1.165, 1.54) is 43.5 Å². The Kier molecular flexibility index (Phi) is 6.51. The minimum absolute atomic E-state index is 0.541. The van der Waals surface area contributed by atoms with E-state index in [1.807, 2.05) is 0 Å². The van der Waals surface area contributed by atoms with Crippen LogP contribution in [0, 0.1) is 0 Å². The van der Waals surface area contributed by atoms with Crippen LogP contribution in [0.2, 0.25) is 0 Å². The van der Waals surface area contributed by atoms with Crippen LogP contribution in [0.4, 0.5) is 0 Å². The van der Waals surface area contributed by atoms with Gasteiger partial charge < -0.3 is 15.0 Å². The normalized spacial score (nSPS) is 18.1. The third kappa shape index (κ3) is 5.23. The molecule has 1 unspecified atom stereocenters. The molecule has 0 saturated carbocycles. The Bertz CT molecular complexity index is 388. The van der Waals surface area contributed by atoms with E-state index in [9.17, 15) is 0 Å². The zero-order valence-electron chi connectivity index (χ0n) is 12.9. The molecule has 1 fully saturated rings. The van der Waals surface area contributed by atoms with Crippen molar-refractivity contribution in [3.8, 4) is 0 Å². The maximum absolute atomic E-state index is 5.18. The summed E-state index contributed by atoms with van der Waals surface area (Å²) < 4.78 is 5.18. The van der Waals surface area contributed by atoms with E-state index in [0.717, 1.165) is 13.1 Å². The van der Waals surface area contributed by atoms with E-state index in [2.05, 4.69) is 41.4 Å². The summed E-state index contributed by atoms with van der Waals surface area (Å²) in [6.45, 7) is 7.62. The lowest BCUT2D eigenvalue weighted by molar-refractivity contribution is 0.185. The van der Waals surface area contributed by atoms with Gasteiger partial charge in [-0.1, -0.05) is 30.7 Å². The molecule has 0 bridgehead atoms. The van der Waals surface area contributed by atoms with Gasteiger partial charge in [-0.3, -0.25) is 0 Å². The van der Waals surface area contributed by atoms with Crippen LogP contribution >= 0.6 is 0 Å². The minimum Gasteiger partial charge on any atom is -0.380 e. The molecule has 1 atom stereocenters. The number of hydrogen-bond acceptors (Lipinski definition) is 3. The monoisotopic (exact) mass is 276 g/mol. The standard InChI is InChI=1S/C17H28N2O/c1-15(13-19-9-4-3-5-10-19)18-12-16-7-6-8-17(11-16)14-20-2/h6-8,11,15,18H,3-5,9-10,12-14H2,1-2H3. The van der Waals surface area contributed by atoms with Gasteiger partial charge in [0.05, 0.1) is 6.61 Å². The molecule has 1 aromatic carbocycles. The van der Waals surface area contributed by atoms with Gasteiger partial charge >= 0.3 is 0 Å². The smallest absolute Gasteiger partial charge is 0.0713 e. The summed E-state index contributed by atoms with van der Waals surface area (Å²) in [5.74, 6) is 0. The van der Waals surface area contributed by atoms with Crippen LogP contribution in [-0.4, -0.2) is 37.7 Å². The number of likely N-dealkylation sites (tertiary alicyclic amines) is 1. The minimum atomic E-state index is 0.541. The second-order valence-corrected chi connectivity index (χ2v) is 5.90. The maximum atomic E-state index is 5.18. The first kappa shape index (κ1) is 15.5. The molecule has 0 spiro atoms. The Hall–Kier alpha value is -0.900. The molecule has 20 heavy (non-hydrogen) atoms. The van der Waals surface area contributed by atoms with Crippen molar-refractivity contribution in [2.45, 2.75) is 45.4 Å². The SMILES string of the molecule is COCc1cccc(CNC(C)CN2CCCCC2)c1. The van der Waals surface area contributed by atoms with Crippen LogP contribution in [0.3, 0.4) is 0 Å². The molecule has 1 aromatic rings. The fourth-order valence-electron chi connectivity index (χ4n) is 2.88. The average molecular weight is 276 g/mol. The first-order chi connectivity index (χ1) is 9.78. The van der Waals surface area contributed by atoms with Crippen molar-refractivity contribution in [2.75, 3.05) is 26.7 Å². The van der Waals surface area contributed by atoms with Crippen molar-refractivity contribution in [3.05, 3.63) is 35.4 Å². The summed E-state index contributed by atoms with van der Waals surface area (Å²) in [6.07, 6.45) is 4.14. The van der Waals surface area contributed by atoms with Gasteiger partial charge in [0.2, 0.25) is 0 Å². The van der Waals surface area contributed by atoms with Gasteiger partial charge in [0.15, 0.2) is 0 Å². The van der Waals surface area contributed by atoms with Crippen molar-refractivity contribution in [2.24, 2.45) is 0 Å². The van der Waals surface area contributed by atoms with E-state index in [4.69, 9.17) is 4.74 Å². The van der Waals surface area contributed by atoms with Crippen LogP contribution in [0.25, 0.3) is 0 Å². The molecule has 1 heterocycles. The van der Waals surface area contributed by atoms with Crippen molar-refractivity contribution in [3.63, 3.8) is 0 Å². The molecule has 1 aliphatic heterocycles. The summed E-state index contributed by atoms with van der Waals surface area (Å²) in [7, 11) is 1.74. The number of rotatable bonds is 7. The predicted molar refractivity (Wildman–Crippen MR) is 83.7 cm³/mol. The van der Waals surface area contributed by atoms with Crippen LogP contribution < -0.4 is 5.32 Å². The number of ether oxygens (including phenoxy) is 1. The van der Waals surface area contributed by atoms with E-state index in [0.29, 0.717) is 12.6 Å². The Morgan fingerprint density at radius 1 is 1.20 bits per heavy atom. The topological polar surface area (TPSA) is 24.5 Å². The molecule has 3 heteroatoms. The first-order valence-corrected chi connectivity index (χ1v) is 7.80. The zero-order valence-corrected chi connectivity index (χ0v) is 12.9. The van der Waals surface area contributed by atoms with Gasteiger partial charge in [-0.2, -0.15) is 0 Å². The summed E-state index contributed by atoms with van der Waals surface area (Å²) in [5.41, 5.74) is 2.58. The summed E-state index contributed by atoms with van der Waals surface area (Å²) in [5, 5.41) is 3.63. The molecule has 0 amide bonds. The van der Waals surface area contributed by atoms with Gasteiger partial charge in [0, 0.05) is 26.2 Å². The second kappa shape index (κ2) is 8.40. The lowest BCUT2D eigenvalue weighted by Crippen LogP contribution is -2.41. The van der Waals surface area contributed by atoms with Crippen molar-refractivity contribution in [1.29, 1.82) is 0 Å². The summed E-state index contributed by atoms with van der Waals surface area (Å²) in [4.78, 5) is 2.59. The van der Waals surface area contributed by atoms with Crippen molar-refractivity contribution in [1.82, 2.24) is 10.2 Å². The molecule has 2 rings (SSSR count). The Labute approximate surface area is 123 Å². The molecular formula is C17H28N2O. The van der Waals surface area contributed by atoms with E-state index in [1.54, 1.807) is 7.11 Å². The molecule has 0 aromatic heterocycles. The maximum Gasteiger partial charge on any atom is 0.0713 e. The predicted octanol–water partition coefficient (Wildman–Crippen LogP) is 2.80. The highest BCUT2D eigenvalue weighted by Crippen LogP contribution is 2.10. The van der Waals surface area contributed by atoms with Crippen LogP contribution in [0.15, 0.2) is 24.3 Å². The van der Waals surface area contributed by atoms with Gasteiger partial charge in [0.25, 0.3) is 0 Å². The highest BCUT2D eigenvalue weighted by atomic mass is 16.5. The zero-order chi connectivity index (χ0) is 14.2. The number of methoxy groups -OCH3 is 1. The van der Waals surface area contributed by atoms with Crippen molar-refractivity contribution < 1.29 is 4.74 Å². The lowest BCUT2D eigenvalue weighted by Gasteiger charge is -2.29. The molecular weight excluding hydrogens is 248 g/mol. The summed E-state index contributed by atoms with van der Waals surface area (Å²) in [6, 6.07) is 9.17. The fraction of sp³-hybridized carbons (Fsp3) is 0.647. The Morgan fingerprint density at radius 2 is 1.95 bits per heavy atom. The number of nitrogens with one attached hydrogen (secondary N) is 1. The van der Waals surface area contributed by atoms with Gasteiger partial charge in [-0.25, -0.2) is 0 Å². The number of nitrogens with zero attached hydrogens (tertiary/aromatic N) is 1. The van der Waals surface area contributed by atoms with E-state index < -0.39 is 0 Å². The third-order valence-corrected chi connectivity index (χ3v) is 3.94. The molecule has 3 nitrogen and oxygen atoms in total. The molecule has 1 N–H and O–H groups in total. The third-order valence-electron chi connectivity index (χ3n) is 3.94. The van der Waals surface area contributed by atoms with Crippen LogP contribution in [0.5, 0.6) is 0 Å². The van der Waals surface area contributed by atoms with E-state index in [-0.39, 0.29) is 0 Å².